The van der Waals surface area contributed by atoms with Crippen LogP contribution in [-0.2, 0) is 11.2 Å². The highest BCUT2D eigenvalue weighted by Gasteiger charge is 2.35. The molecule has 1 N–H and O–H groups in total. The first-order valence-electron chi connectivity index (χ1n) is 6.70. The van der Waals surface area contributed by atoms with Crippen molar-refractivity contribution < 1.29 is 14.8 Å². The van der Waals surface area contributed by atoms with E-state index >= 15 is 0 Å². The largest absolute Gasteiger partial charge is 0.481 e. The number of aliphatic carboxylic acids is 1. The van der Waals surface area contributed by atoms with Gasteiger partial charge >= 0.3 is 5.97 Å². The molecule has 0 aromatic heterocycles. The summed E-state index contributed by atoms with van der Waals surface area (Å²) in [6.07, 6.45) is 1.21. The van der Waals surface area contributed by atoms with Crippen molar-refractivity contribution in [3.63, 3.8) is 0 Å². The molecule has 2 unspecified atom stereocenters. The average Bonchev–Trinajstić information content (AvgIpc) is 2.78. The maximum Gasteiger partial charge on any atom is 0.308 e. The Kier molecular flexibility index (Phi) is 4.34. The normalized spacial score (nSPS) is 22.9. The van der Waals surface area contributed by atoms with Crippen LogP contribution in [0.3, 0.4) is 0 Å². The van der Waals surface area contributed by atoms with Gasteiger partial charge in [0.2, 0.25) is 0 Å². The zero-order chi connectivity index (χ0) is 14.7. The van der Waals surface area contributed by atoms with Crippen molar-refractivity contribution in [3.8, 4) is 0 Å². The Morgan fingerprint density at radius 1 is 1.50 bits per heavy atom. The molecule has 2 rings (SSSR count). The van der Waals surface area contributed by atoms with E-state index in [1.807, 2.05) is 6.92 Å². The average molecular weight is 278 g/mol. The standard InChI is InChI=1S/C14H18N2O4/c1-10-12(14(17)18)7-9-15(10)8-6-11-4-2-3-5-13(11)16(19)20/h2-5,10,12H,6-9H2,1H3,(H,17,18). The number of hydrogen-bond acceptors (Lipinski definition) is 4. The van der Waals surface area contributed by atoms with Gasteiger partial charge in [0.15, 0.2) is 0 Å². The van der Waals surface area contributed by atoms with Crippen LogP contribution in [0.1, 0.15) is 18.9 Å². The Balaban J connectivity index is 2.00. The van der Waals surface area contributed by atoms with Gasteiger partial charge in [0.1, 0.15) is 0 Å². The lowest BCUT2D eigenvalue weighted by Crippen LogP contribution is -2.34. The lowest BCUT2D eigenvalue weighted by molar-refractivity contribution is -0.385. The van der Waals surface area contributed by atoms with E-state index < -0.39 is 5.97 Å². The monoisotopic (exact) mass is 278 g/mol. The summed E-state index contributed by atoms with van der Waals surface area (Å²) in [7, 11) is 0. The van der Waals surface area contributed by atoms with E-state index in [-0.39, 0.29) is 22.6 Å². The molecule has 0 bridgehead atoms. The van der Waals surface area contributed by atoms with Crippen LogP contribution in [0.15, 0.2) is 24.3 Å². The number of rotatable bonds is 5. The summed E-state index contributed by atoms with van der Waals surface area (Å²) in [5.74, 6) is -1.09. The zero-order valence-corrected chi connectivity index (χ0v) is 11.4. The van der Waals surface area contributed by atoms with Gasteiger partial charge in [-0.1, -0.05) is 18.2 Å². The second-order valence-corrected chi connectivity index (χ2v) is 5.15. The molecule has 1 saturated heterocycles. The highest BCUT2D eigenvalue weighted by molar-refractivity contribution is 5.71. The summed E-state index contributed by atoms with van der Waals surface area (Å²) in [5.41, 5.74) is 0.831. The van der Waals surface area contributed by atoms with E-state index in [9.17, 15) is 14.9 Å². The molecule has 2 atom stereocenters. The van der Waals surface area contributed by atoms with E-state index in [0.717, 1.165) is 6.54 Å². The molecule has 6 heteroatoms. The predicted molar refractivity (Wildman–Crippen MR) is 73.6 cm³/mol. The van der Waals surface area contributed by atoms with Crippen molar-refractivity contribution in [1.29, 1.82) is 0 Å². The van der Waals surface area contributed by atoms with Gasteiger partial charge in [-0.2, -0.15) is 0 Å². The number of nitro benzene ring substituents is 1. The van der Waals surface area contributed by atoms with Crippen LogP contribution in [-0.4, -0.2) is 40.0 Å². The number of nitro groups is 1. The fourth-order valence-corrected chi connectivity index (χ4v) is 2.81. The minimum absolute atomic E-state index is 0.0183. The molecule has 20 heavy (non-hydrogen) atoms. The topological polar surface area (TPSA) is 83.7 Å². The molecule has 0 amide bonds. The first-order valence-corrected chi connectivity index (χ1v) is 6.70. The Morgan fingerprint density at radius 2 is 2.20 bits per heavy atom. The van der Waals surface area contributed by atoms with E-state index in [1.165, 1.54) is 6.07 Å². The number of carboxylic acids is 1. The third kappa shape index (κ3) is 2.96. The molecule has 1 heterocycles. The van der Waals surface area contributed by atoms with Gasteiger partial charge in [0.05, 0.1) is 10.8 Å². The molecule has 6 nitrogen and oxygen atoms in total. The van der Waals surface area contributed by atoms with Gasteiger partial charge in [-0.15, -0.1) is 0 Å². The maximum absolute atomic E-state index is 11.1. The first kappa shape index (κ1) is 14.5. The Labute approximate surface area is 117 Å². The molecule has 0 saturated carbocycles. The van der Waals surface area contributed by atoms with E-state index in [0.29, 0.717) is 24.9 Å². The predicted octanol–water partition coefficient (Wildman–Crippen LogP) is 1.93. The first-order chi connectivity index (χ1) is 9.50. The summed E-state index contributed by atoms with van der Waals surface area (Å²) in [4.78, 5) is 23.7. The molecule has 0 spiro atoms. The maximum atomic E-state index is 11.1. The van der Waals surface area contributed by atoms with Crippen LogP contribution in [0.2, 0.25) is 0 Å². The molecular weight excluding hydrogens is 260 g/mol. The van der Waals surface area contributed by atoms with Crippen molar-refractivity contribution in [2.24, 2.45) is 5.92 Å². The molecule has 0 radical (unpaired) electrons. The highest BCUT2D eigenvalue weighted by Crippen LogP contribution is 2.25. The second kappa shape index (κ2) is 6.00. The molecule has 0 aliphatic carbocycles. The van der Waals surface area contributed by atoms with Gasteiger partial charge in [-0.3, -0.25) is 19.8 Å². The number of para-hydroxylation sites is 1. The fourth-order valence-electron chi connectivity index (χ4n) is 2.81. The van der Waals surface area contributed by atoms with Gasteiger partial charge in [0.25, 0.3) is 5.69 Å². The van der Waals surface area contributed by atoms with Crippen molar-refractivity contribution in [2.45, 2.75) is 25.8 Å². The second-order valence-electron chi connectivity index (χ2n) is 5.15. The Bertz CT molecular complexity index is 518. The minimum atomic E-state index is -0.759. The summed E-state index contributed by atoms with van der Waals surface area (Å²) < 4.78 is 0. The summed E-state index contributed by atoms with van der Waals surface area (Å²) in [6, 6.07) is 6.68. The van der Waals surface area contributed by atoms with E-state index in [1.54, 1.807) is 18.2 Å². The van der Waals surface area contributed by atoms with E-state index in [2.05, 4.69) is 4.90 Å². The van der Waals surface area contributed by atoms with Crippen LogP contribution in [0.5, 0.6) is 0 Å². The number of benzene rings is 1. The van der Waals surface area contributed by atoms with Gasteiger partial charge in [0, 0.05) is 24.2 Å². The van der Waals surface area contributed by atoms with Gasteiger partial charge < -0.3 is 5.11 Å². The third-order valence-electron chi connectivity index (χ3n) is 4.06. The van der Waals surface area contributed by atoms with Gasteiger partial charge in [-0.25, -0.2) is 0 Å². The third-order valence-corrected chi connectivity index (χ3v) is 4.06. The number of likely N-dealkylation sites (tertiary alicyclic amines) is 1. The van der Waals surface area contributed by atoms with Gasteiger partial charge in [-0.05, 0) is 26.3 Å². The fraction of sp³-hybridized carbons (Fsp3) is 0.500. The molecule has 108 valence electrons. The molecule has 1 aromatic rings. The quantitative estimate of drug-likeness (QED) is 0.657. The van der Waals surface area contributed by atoms with E-state index in [4.69, 9.17) is 5.11 Å². The number of carbonyl (C=O) groups is 1. The summed E-state index contributed by atoms with van der Waals surface area (Å²) in [6.45, 7) is 3.29. The van der Waals surface area contributed by atoms with Crippen LogP contribution in [0, 0.1) is 16.0 Å². The van der Waals surface area contributed by atoms with Crippen molar-refractivity contribution >= 4 is 11.7 Å². The molecule has 1 aliphatic heterocycles. The number of hydrogen-bond donors (Lipinski definition) is 1. The Morgan fingerprint density at radius 3 is 2.80 bits per heavy atom. The number of carboxylic acid groups (broad SMARTS) is 1. The zero-order valence-electron chi connectivity index (χ0n) is 11.4. The van der Waals surface area contributed by atoms with Crippen LogP contribution in [0.25, 0.3) is 0 Å². The van der Waals surface area contributed by atoms with Crippen LogP contribution < -0.4 is 0 Å². The smallest absolute Gasteiger partial charge is 0.308 e. The summed E-state index contributed by atoms with van der Waals surface area (Å²) >= 11 is 0. The molecule has 1 fully saturated rings. The Hall–Kier alpha value is -1.95. The lowest BCUT2D eigenvalue weighted by atomic mass is 10.0. The minimum Gasteiger partial charge on any atom is -0.481 e. The lowest BCUT2D eigenvalue weighted by Gasteiger charge is -2.22. The molecule has 1 aliphatic rings. The molecular formula is C14H18N2O4. The SMILES string of the molecule is CC1C(C(=O)O)CCN1CCc1ccccc1[N+](=O)[O-]. The molecule has 1 aromatic carbocycles. The highest BCUT2D eigenvalue weighted by atomic mass is 16.6. The number of nitrogens with zero attached hydrogens (tertiary/aromatic N) is 2. The summed E-state index contributed by atoms with van der Waals surface area (Å²) in [5, 5.41) is 20.0. The van der Waals surface area contributed by atoms with Crippen LogP contribution >= 0.6 is 0 Å². The van der Waals surface area contributed by atoms with Crippen molar-refractivity contribution in [1.82, 2.24) is 4.90 Å². The van der Waals surface area contributed by atoms with Crippen molar-refractivity contribution in [3.05, 3.63) is 39.9 Å². The van der Waals surface area contributed by atoms with Crippen molar-refractivity contribution in [2.75, 3.05) is 13.1 Å². The van der Waals surface area contributed by atoms with Crippen LogP contribution in [0.4, 0.5) is 5.69 Å².